The fourth-order valence-corrected chi connectivity index (χ4v) is 3.91. The number of carbonyl (C=O) groups excluding carboxylic acids is 2. The zero-order valence-electron chi connectivity index (χ0n) is 16.7. The molecular weight excluding hydrogens is 496 g/mol. The molecule has 0 spiro atoms. The summed E-state index contributed by atoms with van der Waals surface area (Å²) in [7, 11) is -4.14. The fraction of sp³-hybridized carbons (Fsp3) is 0.263. The van der Waals surface area contributed by atoms with E-state index >= 15 is 0 Å². The molecule has 0 aliphatic rings. The molecule has 7 nitrogen and oxygen atoms in total. The molecule has 0 aliphatic carbocycles. The lowest BCUT2D eigenvalue weighted by molar-refractivity contribution is -0.137. The van der Waals surface area contributed by atoms with Crippen molar-refractivity contribution < 1.29 is 35.9 Å². The van der Waals surface area contributed by atoms with Crippen molar-refractivity contribution in [2.45, 2.75) is 13.1 Å². The van der Waals surface area contributed by atoms with Gasteiger partial charge in [0.2, 0.25) is 15.9 Å². The molecule has 2 aromatic rings. The first kappa shape index (κ1) is 25.8. The van der Waals surface area contributed by atoms with Gasteiger partial charge in [-0.2, -0.15) is 13.2 Å². The Balaban J connectivity index is 2.27. The van der Waals surface area contributed by atoms with Crippen LogP contribution in [0.3, 0.4) is 0 Å². The predicted molar refractivity (Wildman–Crippen MR) is 115 cm³/mol. The van der Waals surface area contributed by atoms with E-state index in [0.29, 0.717) is 10.4 Å². The highest BCUT2D eigenvalue weighted by atomic mass is 35.5. The summed E-state index contributed by atoms with van der Waals surface area (Å²) >= 11 is 11.6. The Hall–Kier alpha value is -2.50. The van der Waals surface area contributed by atoms with Gasteiger partial charge in [-0.25, -0.2) is 13.2 Å². The zero-order chi connectivity index (χ0) is 24.3. The Labute approximate surface area is 192 Å². The minimum absolute atomic E-state index is 0.0197. The minimum Gasteiger partial charge on any atom is -0.462 e. The molecule has 0 saturated heterocycles. The number of ether oxygens (including phenoxy) is 1. The quantitative estimate of drug-likeness (QED) is 0.547. The molecule has 0 unspecified atom stereocenters. The molecule has 1 amide bonds. The van der Waals surface area contributed by atoms with E-state index in [-0.39, 0.29) is 22.9 Å². The Morgan fingerprint density at radius 1 is 1.09 bits per heavy atom. The molecule has 0 bridgehead atoms. The Bertz CT molecular complexity index is 1140. The molecule has 0 aliphatic heterocycles. The van der Waals surface area contributed by atoms with E-state index in [2.05, 4.69) is 5.32 Å². The average molecular weight is 513 g/mol. The first-order valence-corrected chi connectivity index (χ1v) is 11.5. The number of hydrogen-bond donors (Lipinski definition) is 1. The van der Waals surface area contributed by atoms with Gasteiger partial charge in [0.15, 0.2) is 0 Å². The van der Waals surface area contributed by atoms with Crippen LogP contribution in [0, 0.1) is 0 Å². The van der Waals surface area contributed by atoms with Crippen LogP contribution in [-0.4, -0.2) is 39.7 Å². The Morgan fingerprint density at radius 3 is 2.28 bits per heavy atom. The van der Waals surface area contributed by atoms with Crippen LogP contribution in [-0.2, 0) is 25.7 Å². The molecule has 2 aromatic carbocycles. The monoisotopic (exact) mass is 512 g/mol. The number of benzene rings is 2. The topological polar surface area (TPSA) is 92.8 Å². The van der Waals surface area contributed by atoms with Gasteiger partial charge in [0.05, 0.1) is 39.7 Å². The fourth-order valence-electron chi connectivity index (χ4n) is 2.58. The number of carbonyl (C=O) groups is 2. The van der Waals surface area contributed by atoms with Crippen molar-refractivity contribution in [1.82, 2.24) is 0 Å². The van der Waals surface area contributed by atoms with Crippen LogP contribution in [0.5, 0.6) is 0 Å². The van der Waals surface area contributed by atoms with Crippen LogP contribution >= 0.6 is 23.2 Å². The second-order valence-electron chi connectivity index (χ2n) is 6.39. The summed E-state index contributed by atoms with van der Waals surface area (Å²) in [5.41, 5.74) is -1.44. The van der Waals surface area contributed by atoms with E-state index < -0.39 is 50.9 Å². The maximum Gasteiger partial charge on any atom is 0.417 e. The average Bonchev–Trinajstić information content (AvgIpc) is 2.65. The van der Waals surface area contributed by atoms with E-state index in [0.717, 1.165) is 18.4 Å². The van der Waals surface area contributed by atoms with Gasteiger partial charge < -0.3 is 10.1 Å². The molecule has 1 N–H and O–H groups in total. The maximum absolute atomic E-state index is 13.1. The van der Waals surface area contributed by atoms with Crippen LogP contribution in [0.25, 0.3) is 0 Å². The molecule has 0 radical (unpaired) electrons. The zero-order valence-corrected chi connectivity index (χ0v) is 19.0. The van der Waals surface area contributed by atoms with Gasteiger partial charge in [-0.05, 0) is 43.3 Å². The van der Waals surface area contributed by atoms with Gasteiger partial charge in [0.1, 0.15) is 6.54 Å². The van der Waals surface area contributed by atoms with Crippen molar-refractivity contribution >= 4 is 56.5 Å². The highest BCUT2D eigenvalue weighted by Gasteiger charge is 2.34. The SMILES string of the molecule is CCOC(=O)c1ccc(NC(=O)CN(c2ccc(Cl)c(C(F)(F)F)c2)S(C)(=O)=O)cc1Cl. The Kier molecular flexibility index (Phi) is 8.02. The maximum atomic E-state index is 13.1. The molecule has 0 fully saturated rings. The molecule has 0 atom stereocenters. The number of sulfonamides is 1. The van der Waals surface area contributed by atoms with Gasteiger partial charge in [-0.1, -0.05) is 23.2 Å². The van der Waals surface area contributed by atoms with Gasteiger partial charge >= 0.3 is 12.1 Å². The van der Waals surface area contributed by atoms with E-state index in [1.54, 1.807) is 6.92 Å². The van der Waals surface area contributed by atoms with Crippen LogP contribution in [0.1, 0.15) is 22.8 Å². The molecular formula is C19H17Cl2F3N2O5S. The molecule has 0 aromatic heterocycles. The van der Waals surface area contributed by atoms with Crippen LogP contribution in [0.2, 0.25) is 10.0 Å². The van der Waals surface area contributed by atoms with Gasteiger partial charge in [0.25, 0.3) is 0 Å². The summed E-state index contributed by atoms with van der Waals surface area (Å²) in [6.45, 7) is 0.928. The normalized spacial score (nSPS) is 11.7. The molecule has 0 saturated carbocycles. The first-order chi connectivity index (χ1) is 14.7. The van der Waals surface area contributed by atoms with Crippen molar-refractivity contribution in [2.24, 2.45) is 0 Å². The summed E-state index contributed by atoms with van der Waals surface area (Å²) in [6.07, 6.45) is -4.08. The number of esters is 1. The third-order valence-corrected chi connectivity index (χ3v) is 5.76. The number of nitrogens with zero attached hydrogens (tertiary/aromatic N) is 1. The van der Waals surface area contributed by atoms with E-state index in [1.807, 2.05) is 0 Å². The first-order valence-electron chi connectivity index (χ1n) is 8.85. The van der Waals surface area contributed by atoms with Crippen molar-refractivity contribution in [1.29, 1.82) is 0 Å². The number of anilines is 2. The van der Waals surface area contributed by atoms with Crippen molar-refractivity contribution in [3.63, 3.8) is 0 Å². The van der Waals surface area contributed by atoms with Crippen molar-refractivity contribution in [3.8, 4) is 0 Å². The van der Waals surface area contributed by atoms with Crippen molar-refractivity contribution in [3.05, 3.63) is 57.6 Å². The third-order valence-electron chi connectivity index (χ3n) is 3.98. The van der Waals surface area contributed by atoms with Gasteiger partial charge in [0, 0.05) is 5.69 Å². The van der Waals surface area contributed by atoms with E-state index in [1.165, 1.54) is 18.2 Å². The van der Waals surface area contributed by atoms with E-state index in [4.69, 9.17) is 27.9 Å². The summed E-state index contributed by atoms with van der Waals surface area (Å²) < 4.78 is 69.1. The number of halogens is 5. The third kappa shape index (κ3) is 6.50. The van der Waals surface area contributed by atoms with Crippen LogP contribution in [0.4, 0.5) is 24.5 Å². The molecule has 32 heavy (non-hydrogen) atoms. The summed E-state index contributed by atoms with van der Waals surface area (Å²) in [6, 6.07) is 6.38. The van der Waals surface area contributed by atoms with E-state index in [9.17, 15) is 31.2 Å². The largest absolute Gasteiger partial charge is 0.462 e. The summed E-state index contributed by atoms with van der Waals surface area (Å²) in [4.78, 5) is 24.2. The number of hydrogen-bond acceptors (Lipinski definition) is 5. The highest BCUT2D eigenvalue weighted by molar-refractivity contribution is 7.92. The van der Waals surface area contributed by atoms with Crippen LogP contribution in [0.15, 0.2) is 36.4 Å². The Morgan fingerprint density at radius 2 is 1.75 bits per heavy atom. The standard InChI is InChI=1S/C19H17Cl2F3N2O5S/c1-3-31-18(28)13-6-4-11(8-16(13)21)25-17(27)10-26(32(2,29)30)12-5-7-15(20)14(9-12)19(22,23)24/h4-9H,3,10H2,1-2H3,(H,25,27). The van der Waals surface area contributed by atoms with Gasteiger partial charge in [-0.15, -0.1) is 0 Å². The van der Waals surface area contributed by atoms with Crippen molar-refractivity contribution in [2.75, 3.05) is 29.0 Å². The molecule has 174 valence electrons. The second kappa shape index (κ2) is 9.97. The lowest BCUT2D eigenvalue weighted by atomic mass is 10.2. The second-order valence-corrected chi connectivity index (χ2v) is 9.12. The number of amides is 1. The smallest absolute Gasteiger partial charge is 0.417 e. The molecule has 0 heterocycles. The number of rotatable bonds is 7. The molecule has 13 heteroatoms. The molecule has 2 rings (SSSR count). The minimum atomic E-state index is -4.82. The number of nitrogens with one attached hydrogen (secondary N) is 1. The number of alkyl halides is 3. The van der Waals surface area contributed by atoms with Crippen LogP contribution < -0.4 is 9.62 Å². The summed E-state index contributed by atoms with van der Waals surface area (Å²) in [5.74, 6) is -1.53. The summed E-state index contributed by atoms with van der Waals surface area (Å²) in [5, 5.41) is 1.74. The lowest BCUT2D eigenvalue weighted by Gasteiger charge is -2.23. The predicted octanol–water partition coefficient (Wildman–Crippen LogP) is 4.59. The highest BCUT2D eigenvalue weighted by Crippen LogP contribution is 2.37. The lowest BCUT2D eigenvalue weighted by Crippen LogP contribution is -2.37. The van der Waals surface area contributed by atoms with Gasteiger partial charge in [-0.3, -0.25) is 9.10 Å².